The van der Waals surface area contributed by atoms with E-state index in [2.05, 4.69) is 11.8 Å². The zero-order valence-corrected chi connectivity index (χ0v) is 12.5. The van der Waals surface area contributed by atoms with Gasteiger partial charge in [-0.05, 0) is 18.8 Å². The quantitative estimate of drug-likeness (QED) is 0.709. The Morgan fingerprint density at radius 3 is 2.90 bits per heavy atom. The Morgan fingerprint density at radius 1 is 1.35 bits per heavy atom. The maximum absolute atomic E-state index is 11.8. The smallest absolute Gasteiger partial charge is 0.310 e. The molecule has 3 saturated heterocycles. The van der Waals surface area contributed by atoms with E-state index in [1.165, 1.54) is 7.11 Å². The largest absolute Gasteiger partial charge is 0.469 e. The molecule has 0 aromatic rings. The highest BCUT2D eigenvalue weighted by molar-refractivity contribution is 5.73. The number of hydrogen-bond acceptors (Lipinski definition) is 5. The molecule has 20 heavy (non-hydrogen) atoms. The van der Waals surface area contributed by atoms with Gasteiger partial charge in [0.2, 0.25) is 0 Å². The van der Waals surface area contributed by atoms with Crippen molar-refractivity contribution < 1.29 is 19.0 Å². The molecule has 1 spiro atoms. The molecule has 3 fully saturated rings. The third-order valence-corrected chi connectivity index (χ3v) is 5.19. The maximum atomic E-state index is 11.8. The van der Waals surface area contributed by atoms with Gasteiger partial charge in [0, 0.05) is 38.8 Å². The predicted octanol–water partition coefficient (Wildman–Crippen LogP) is 1.07. The van der Waals surface area contributed by atoms with Gasteiger partial charge in [-0.1, -0.05) is 6.92 Å². The first-order valence-electron chi connectivity index (χ1n) is 7.67. The van der Waals surface area contributed by atoms with Crippen LogP contribution in [-0.2, 0) is 19.0 Å². The van der Waals surface area contributed by atoms with Crippen molar-refractivity contribution in [2.45, 2.75) is 37.8 Å². The molecular weight excluding hydrogens is 258 g/mol. The number of likely N-dealkylation sites (tertiary alicyclic amines) is 1. The molecule has 4 atom stereocenters. The monoisotopic (exact) mass is 283 g/mol. The van der Waals surface area contributed by atoms with E-state index in [0.717, 1.165) is 52.2 Å². The highest BCUT2D eigenvalue weighted by Gasteiger charge is 2.45. The molecule has 0 radical (unpaired) electrons. The molecule has 5 nitrogen and oxygen atoms in total. The Kier molecular flexibility index (Phi) is 4.02. The fraction of sp³-hybridized carbons (Fsp3) is 0.933. The van der Waals surface area contributed by atoms with E-state index < -0.39 is 0 Å². The van der Waals surface area contributed by atoms with Crippen LogP contribution in [0.5, 0.6) is 0 Å². The van der Waals surface area contributed by atoms with Crippen LogP contribution in [-0.4, -0.2) is 62.5 Å². The summed E-state index contributed by atoms with van der Waals surface area (Å²) in [6, 6.07) is 0.516. The molecule has 0 aromatic carbocycles. The Bertz CT molecular complexity index is 367. The first kappa shape index (κ1) is 14.3. The lowest BCUT2D eigenvalue weighted by Gasteiger charge is -2.41. The number of esters is 1. The minimum absolute atomic E-state index is 0.0265. The van der Waals surface area contributed by atoms with Crippen LogP contribution < -0.4 is 0 Å². The van der Waals surface area contributed by atoms with E-state index in [1.807, 2.05) is 0 Å². The van der Waals surface area contributed by atoms with E-state index in [9.17, 15) is 4.79 Å². The lowest BCUT2D eigenvalue weighted by molar-refractivity contribution is -0.146. The summed E-state index contributed by atoms with van der Waals surface area (Å²) < 4.78 is 16.4. The van der Waals surface area contributed by atoms with Gasteiger partial charge < -0.3 is 14.2 Å². The minimum atomic E-state index is -0.0639. The van der Waals surface area contributed by atoms with Crippen molar-refractivity contribution >= 4 is 5.97 Å². The van der Waals surface area contributed by atoms with E-state index in [0.29, 0.717) is 12.0 Å². The Hall–Kier alpha value is -0.650. The zero-order valence-electron chi connectivity index (χ0n) is 12.5. The first-order valence-corrected chi connectivity index (χ1v) is 7.67. The summed E-state index contributed by atoms with van der Waals surface area (Å²) in [4.78, 5) is 14.3. The molecule has 114 valence electrons. The van der Waals surface area contributed by atoms with Gasteiger partial charge in [0.15, 0.2) is 0 Å². The summed E-state index contributed by atoms with van der Waals surface area (Å²) >= 11 is 0. The van der Waals surface area contributed by atoms with E-state index in [4.69, 9.17) is 14.2 Å². The van der Waals surface area contributed by atoms with Crippen molar-refractivity contribution in [2.24, 2.45) is 11.8 Å². The van der Waals surface area contributed by atoms with Gasteiger partial charge in [0.1, 0.15) is 0 Å². The lowest BCUT2D eigenvalue weighted by Crippen LogP contribution is -2.48. The van der Waals surface area contributed by atoms with Crippen LogP contribution >= 0.6 is 0 Å². The molecule has 0 saturated carbocycles. The molecule has 3 aliphatic heterocycles. The predicted molar refractivity (Wildman–Crippen MR) is 73.4 cm³/mol. The van der Waals surface area contributed by atoms with E-state index >= 15 is 0 Å². The van der Waals surface area contributed by atoms with Crippen molar-refractivity contribution in [1.29, 1.82) is 0 Å². The summed E-state index contributed by atoms with van der Waals surface area (Å²) in [6.07, 6.45) is 3.10. The van der Waals surface area contributed by atoms with Crippen LogP contribution in [0.4, 0.5) is 0 Å². The summed E-state index contributed by atoms with van der Waals surface area (Å²) in [5.74, 6) is 0.339. The fourth-order valence-electron chi connectivity index (χ4n) is 3.94. The van der Waals surface area contributed by atoms with Crippen molar-refractivity contribution in [3.63, 3.8) is 0 Å². The van der Waals surface area contributed by atoms with Crippen LogP contribution in [0.2, 0.25) is 0 Å². The summed E-state index contributed by atoms with van der Waals surface area (Å²) in [7, 11) is 1.48. The van der Waals surface area contributed by atoms with Crippen molar-refractivity contribution in [3.05, 3.63) is 0 Å². The second-order valence-electron chi connectivity index (χ2n) is 6.54. The van der Waals surface area contributed by atoms with Crippen LogP contribution in [0.1, 0.15) is 26.2 Å². The molecule has 0 N–H and O–H groups in total. The van der Waals surface area contributed by atoms with Crippen molar-refractivity contribution in [3.8, 4) is 0 Å². The van der Waals surface area contributed by atoms with Crippen molar-refractivity contribution in [1.82, 2.24) is 4.90 Å². The molecule has 0 amide bonds. The highest BCUT2D eigenvalue weighted by Crippen LogP contribution is 2.37. The molecule has 5 heteroatoms. The Morgan fingerprint density at radius 2 is 2.20 bits per heavy atom. The Balaban J connectivity index is 1.63. The number of carbonyl (C=O) groups excluding carboxylic acids is 1. The number of nitrogens with zero attached hydrogens (tertiary/aromatic N) is 1. The third kappa shape index (κ3) is 2.59. The number of ether oxygens (including phenoxy) is 3. The Labute approximate surface area is 120 Å². The number of rotatable bonds is 2. The van der Waals surface area contributed by atoms with Crippen LogP contribution in [0, 0.1) is 11.8 Å². The molecule has 0 bridgehead atoms. The van der Waals surface area contributed by atoms with E-state index in [1.54, 1.807) is 0 Å². The van der Waals surface area contributed by atoms with Gasteiger partial charge in [0.05, 0.1) is 25.2 Å². The number of methoxy groups -OCH3 is 1. The van der Waals surface area contributed by atoms with Gasteiger partial charge in [-0.3, -0.25) is 9.69 Å². The normalized spacial score (nSPS) is 42.2. The molecule has 4 unspecified atom stereocenters. The second kappa shape index (κ2) is 5.62. The van der Waals surface area contributed by atoms with E-state index in [-0.39, 0.29) is 17.5 Å². The average molecular weight is 283 g/mol. The van der Waals surface area contributed by atoms with Gasteiger partial charge in [-0.25, -0.2) is 0 Å². The molecular formula is C15H25NO4. The summed E-state index contributed by atoms with van der Waals surface area (Å²) in [6.45, 7) is 6.31. The summed E-state index contributed by atoms with van der Waals surface area (Å²) in [5, 5.41) is 0. The maximum Gasteiger partial charge on any atom is 0.310 e. The number of hydrogen-bond donors (Lipinski definition) is 0. The molecule has 0 aliphatic carbocycles. The highest BCUT2D eigenvalue weighted by atomic mass is 16.6. The fourth-order valence-corrected chi connectivity index (χ4v) is 3.94. The van der Waals surface area contributed by atoms with Gasteiger partial charge >= 0.3 is 5.97 Å². The second-order valence-corrected chi connectivity index (χ2v) is 6.54. The minimum Gasteiger partial charge on any atom is -0.469 e. The average Bonchev–Trinajstić information content (AvgIpc) is 3.05. The van der Waals surface area contributed by atoms with Gasteiger partial charge in [0.25, 0.3) is 0 Å². The summed E-state index contributed by atoms with van der Waals surface area (Å²) in [5.41, 5.74) is -0.0600. The van der Waals surface area contributed by atoms with Crippen LogP contribution in [0.25, 0.3) is 0 Å². The molecule has 3 aliphatic rings. The SMILES string of the molecule is COC(=O)C1CN(C2CCOC3(CCOC3)C2)CC1C. The van der Waals surface area contributed by atoms with Gasteiger partial charge in [-0.15, -0.1) is 0 Å². The number of carbonyl (C=O) groups is 1. The van der Waals surface area contributed by atoms with Crippen LogP contribution in [0.15, 0.2) is 0 Å². The molecule has 3 rings (SSSR count). The van der Waals surface area contributed by atoms with Crippen molar-refractivity contribution in [2.75, 3.05) is 40.0 Å². The topological polar surface area (TPSA) is 48.0 Å². The standard InChI is InChI=1S/C15H25NO4/c1-11-8-16(9-13(11)14(17)18-2)12-3-5-20-15(7-12)4-6-19-10-15/h11-13H,3-10H2,1-2H3. The first-order chi connectivity index (χ1) is 9.63. The van der Waals surface area contributed by atoms with Gasteiger partial charge in [-0.2, -0.15) is 0 Å². The zero-order chi connectivity index (χ0) is 14.2. The lowest BCUT2D eigenvalue weighted by atomic mass is 9.89. The molecule has 0 aromatic heterocycles. The third-order valence-electron chi connectivity index (χ3n) is 5.19. The van der Waals surface area contributed by atoms with Crippen LogP contribution in [0.3, 0.4) is 0 Å². The molecule has 3 heterocycles.